The van der Waals surface area contributed by atoms with Crippen molar-refractivity contribution in [2.24, 2.45) is 11.7 Å². The molecule has 0 aromatic heterocycles. The Morgan fingerprint density at radius 1 is 0.750 bits per heavy atom. The van der Waals surface area contributed by atoms with E-state index in [1.807, 2.05) is 0 Å². The number of aliphatic hydroxyl groups is 2. The van der Waals surface area contributed by atoms with Gasteiger partial charge >= 0.3 is 0 Å². The van der Waals surface area contributed by atoms with Gasteiger partial charge in [0.05, 0.1) is 39.6 Å². The minimum Gasteiger partial charge on any atom is -0.394 e. The van der Waals surface area contributed by atoms with Crippen molar-refractivity contribution in [3.8, 4) is 0 Å². The van der Waals surface area contributed by atoms with Crippen LogP contribution < -0.4 is 11.7 Å². The molecule has 76 valence electrons. The van der Waals surface area contributed by atoms with E-state index in [1.54, 1.807) is 0 Å². The van der Waals surface area contributed by atoms with Crippen molar-refractivity contribution in [3.05, 3.63) is 0 Å². The Labute approximate surface area is 72.0 Å². The van der Waals surface area contributed by atoms with Crippen molar-refractivity contribution in [2.45, 2.75) is 0 Å². The molecule has 12 heavy (non-hydrogen) atoms. The van der Waals surface area contributed by atoms with Crippen LogP contribution in [0.25, 0.3) is 0 Å². The van der Waals surface area contributed by atoms with Crippen LogP contribution in [0.4, 0.5) is 0 Å². The van der Waals surface area contributed by atoms with E-state index in [1.165, 1.54) is 0 Å². The Morgan fingerprint density at radius 3 is 1.33 bits per heavy atom. The predicted molar refractivity (Wildman–Crippen MR) is 44.2 cm³/mol. The Morgan fingerprint density at radius 2 is 1.08 bits per heavy atom. The van der Waals surface area contributed by atoms with Crippen LogP contribution in [0.5, 0.6) is 0 Å². The summed E-state index contributed by atoms with van der Waals surface area (Å²) in [6.45, 7) is 1.73. The molecule has 0 unspecified atom stereocenters. The van der Waals surface area contributed by atoms with Crippen LogP contribution in [0.2, 0.25) is 0 Å². The number of hydrazine groups is 1. The molecule has 0 heterocycles. The third-order valence-corrected chi connectivity index (χ3v) is 0.843. The summed E-state index contributed by atoms with van der Waals surface area (Å²) in [6.07, 6.45) is 0. The second kappa shape index (κ2) is 17.0. The van der Waals surface area contributed by atoms with E-state index in [0.29, 0.717) is 26.4 Å². The second-order valence-electron chi connectivity index (χ2n) is 1.67. The maximum absolute atomic E-state index is 8.26. The van der Waals surface area contributed by atoms with Gasteiger partial charge in [0.1, 0.15) is 0 Å². The molecule has 0 saturated heterocycles. The molecule has 6 heteroatoms. The summed E-state index contributed by atoms with van der Waals surface area (Å²) in [7, 11) is 0. The Hall–Kier alpha value is -0.240. The van der Waals surface area contributed by atoms with Gasteiger partial charge in [0, 0.05) is 0 Å². The van der Waals surface area contributed by atoms with Gasteiger partial charge in [-0.1, -0.05) is 0 Å². The molecule has 0 saturated carbocycles. The third-order valence-electron chi connectivity index (χ3n) is 0.843. The first kappa shape index (κ1) is 14.3. The molecule has 0 rings (SSSR count). The van der Waals surface area contributed by atoms with Crippen molar-refractivity contribution < 1.29 is 19.7 Å². The lowest BCUT2D eigenvalue weighted by molar-refractivity contribution is 0.0222. The highest BCUT2D eigenvalue weighted by atomic mass is 16.5. The van der Waals surface area contributed by atoms with E-state index >= 15 is 0 Å². The third kappa shape index (κ3) is 16.4. The van der Waals surface area contributed by atoms with E-state index in [2.05, 4.69) is 11.7 Å². The molecular weight excluding hydrogens is 164 g/mol. The number of aliphatic hydroxyl groups excluding tert-OH is 2. The molecule has 0 amide bonds. The van der Waals surface area contributed by atoms with Crippen molar-refractivity contribution >= 4 is 0 Å². The van der Waals surface area contributed by atoms with Gasteiger partial charge in [0.2, 0.25) is 0 Å². The molecule has 0 aliphatic heterocycles. The van der Waals surface area contributed by atoms with Crippen molar-refractivity contribution in [1.82, 2.24) is 0 Å². The summed E-state index contributed by atoms with van der Waals surface area (Å²) >= 11 is 0. The molecule has 0 bridgehead atoms. The fourth-order valence-electron chi connectivity index (χ4n) is 0.451. The van der Waals surface area contributed by atoms with E-state index in [4.69, 9.17) is 19.7 Å². The van der Waals surface area contributed by atoms with E-state index in [0.717, 1.165) is 0 Å². The molecule has 0 fully saturated rings. The largest absolute Gasteiger partial charge is 0.394 e. The summed E-state index contributed by atoms with van der Waals surface area (Å²) in [5.41, 5.74) is 0. The van der Waals surface area contributed by atoms with E-state index < -0.39 is 0 Å². The van der Waals surface area contributed by atoms with Gasteiger partial charge in [-0.3, -0.25) is 11.7 Å². The normalized spacial score (nSPS) is 9.00. The summed E-state index contributed by atoms with van der Waals surface area (Å²) in [6, 6.07) is 0. The summed E-state index contributed by atoms with van der Waals surface area (Å²) in [4.78, 5) is 0. The number of nitrogens with two attached hydrogens (primary N) is 2. The molecular formula is C6H18N2O4. The van der Waals surface area contributed by atoms with Gasteiger partial charge in [0.15, 0.2) is 0 Å². The maximum Gasteiger partial charge on any atom is 0.0701 e. The van der Waals surface area contributed by atoms with Gasteiger partial charge in [-0.15, -0.1) is 0 Å². The number of ether oxygens (including phenoxy) is 2. The van der Waals surface area contributed by atoms with Gasteiger partial charge in [-0.05, 0) is 0 Å². The van der Waals surface area contributed by atoms with Crippen LogP contribution in [0, 0.1) is 0 Å². The molecule has 0 aliphatic carbocycles. The summed E-state index contributed by atoms with van der Waals surface area (Å²) in [5, 5.41) is 16.5. The van der Waals surface area contributed by atoms with Crippen LogP contribution in [0.15, 0.2) is 0 Å². The predicted octanol–water partition coefficient (Wildman–Crippen LogP) is -2.18. The highest BCUT2D eigenvalue weighted by Gasteiger charge is 1.86. The first-order valence-corrected chi connectivity index (χ1v) is 3.62. The molecule has 0 spiro atoms. The lowest BCUT2D eigenvalue weighted by atomic mass is 10.7. The van der Waals surface area contributed by atoms with Gasteiger partial charge < -0.3 is 19.7 Å². The molecule has 6 N–H and O–H groups in total. The fraction of sp³-hybridized carbons (Fsp3) is 1.00. The van der Waals surface area contributed by atoms with Crippen LogP contribution in [0.1, 0.15) is 0 Å². The Bertz CT molecular complexity index is 57.5. The average molecular weight is 182 g/mol. The van der Waals surface area contributed by atoms with Gasteiger partial charge in [-0.25, -0.2) is 0 Å². The van der Waals surface area contributed by atoms with Crippen LogP contribution >= 0.6 is 0 Å². The number of hydrogen-bond acceptors (Lipinski definition) is 6. The zero-order chi connectivity index (χ0) is 9.66. The Kier molecular flexibility index (Phi) is 20.3. The smallest absolute Gasteiger partial charge is 0.0701 e. The summed E-state index contributed by atoms with van der Waals surface area (Å²) < 4.78 is 9.75. The lowest BCUT2D eigenvalue weighted by Gasteiger charge is -2.01. The molecule has 6 nitrogen and oxygen atoms in total. The van der Waals surface area contributed by atoms with Crippen LogP contribution in [0.3, 0.4) is 0 Å². The molecule has 0 atom stereocenters. The van der Waals surface area contributed by atoms with Crippen molar-refractivity contribution in [3.63, 3.8) is 0 Å². The maximum atomic E-state index is 8.26. The SMILES string of the molecule is NN.OCCOCCOCCO. The first-order chi connectivity index (χ1) is 5.91. The number of rotatable bonds is 7. The second-order valence-corrected chi connectivity index (χ2v) is 1.67. The monoisotopic (exact) mass is 182 g/mol. The van der Waals surface area contributed by atoms with Crippen molar-refractivity contribution in [1.29, 1.82) is 0 Å². The molecule has 0 aliphatic rings. The molecule has 0 radical (unpaired) electrons. The zero-order valence-corrected chi connectivity index (χ0v) is 7.11. The zero-order valence-electron chi connectivity index (χ0n) is 7.11. The standard InChI is InChI=1S/C6H14O4.H4N2/c7-1-3-9-5-6-10-4-2-8;1-2/h7-8H,1-6H2;1-2H2. The van der Waals surface area contributed by atoms with Gasteiger partial charge in [0.25, 0.3) is 0 Å². The minimum atomic E-state index is 0.0417. The lowest BCUT2D eigenvalue weighted by Crippen LogP contribution is -2.09. The van der Waals surface area contributed by atoms with Crippen molar-refractivity contribution in [2.75, 3.05) is 39.6 Å². The van der Waals surface area contributed by atoms with E-state index in [9.17, 15) is 0 Å². The van der Waals surface area contributed by atoms with E-state index in [-0.39, 0.29) is 13.2 Å². The first-order valence-electron chi connectivity index (χ1n) is 3.62. The average Bonchev–Trinajstić information content (AvgIpc) is 2.15. The number of hydrogen-bond donors (Lipinski definition) is 4. The van der Waals surface area contributed by atoms with Crippen LogP contribution in [-0.4, -0.2) is 49.9 Å². The summed E-state index contributed by atoms with van der Waals surface area (Å²) in [5.74, 6) is 8.00. The Balaban J connectivity index is 0. The quantitative estimate of drug-likeness (QED) is 0.202. The minimum absolute atomic E-state index is 0.0417. The highest BCUT2D eigenvalue weighted by molar-refractivity contribution is 4.30. The highest BCUT2D eigenvalue weighted by Crippen LogP contribution is 1.76. The van der Waals surface area contributed by atoms with Gasteiger partial charge in [-0.2, -0.15) is 0 Å². The molecule has 0 aromatic carbocycles. The molecule has 0 aromatic rings. The topological polar surface area (TPSA) is 111 Å². The van der Waals surface area contributed by atoms with Crippen LogP contribution in [-0.2, 0) is 9.47 Å². The fourth-order valence-corrected chi connectivity index (χ4v) is 0.451.